The van der Waals surface area contributed by atoms with Gasteiger partial charge in [0.25, 0.3) is 0 Å². The van der Waals surface area contributed by atoms with Crippen LogP contribution in [0.4, 0.5) is 0 Å². The molecule has 5 nitrogen and oxygen atoms in total. The third kappa shape index (κ3) is 13.8. The molecule has 0 amide bonds. The number of rotatable bonds is 17. The fourth-order valence-electron chi connectivity index (χ4n) is 3.28. The molecule has 0 rings (SSSR count). The van der Waals surface area contributed by atoms with Crippen molar-refractivity contribution in [1.29, 1.82) is 0 Å². The van der Waals surface area contributed by atoms with Gasteiger partial charge in [-0.05, 0) is 12.8 Å². The van der Waals surface area contributed by atoms with E-state index in [2.05, 4.69) is 13.8 Å². The van der Waals surface area contributed by atoms with Crippen molar-refractivity contribution < 1.29 is 19.8 Å². The van der Waals surface area contributed by atoms with E-state index in [4.69, 9.17) is 0 Å². The van der Waals surface area contributed by atoms with Crippen LogP contribution >= 0.6 is 0 Å². The Kier molecular flexibility index (Phi) is 18.5. The highest BCUT2D eigenvalue weighted by Gasteiger charge is 2.32. The summed E-state index contributed by atoms with van der Waals surface area (Å²) in [5.41, 5.74) is 0. The van der Waals surface area contributed by atoms with Gasteiger partial charge in [0.15, 0.2) is 0 Å². The third-order valence-corrected chi connectivity index (χ3v) is 4.86. The molecule has 2 unspecified atom stereocenters. The number of aliphatic carboxylic acids is 2. The molecule has 0 heterocycles. The van der Waals surface area contributed by atoms with Crippen molar-refractivity contribution in [3.05, 3.63) is 0 Å². The summed E-state index contributed by atoms with van der Waals surface area (Å²) in [6.07, 6.45) is 14.1. The summed E-state index contributed by atoms with van der Waals surface area (Å²) in [6.45, 7) is 4.33. The molecular formula is C20H41NO4. The molecule has 25 heavy (non-hydrogen) atoms. The van der Waals surface area contributed by atoms with E-state index in [-0.39, 0.29) is 6.15 Å². The molecule has 0 aromatic rings. The number of unbranched alkanes of at least 4 members (excludes halogenated alkanes) is 10. The molecule has 0 radical (unpaired) electrons. The molecule has 5 heteroatoms. The maximum Gasteiger partial charge on any atom is 0.307 e. The second-order valence-corrected chi connectivity index (χ2v) is 7.00. The van der Waals surface area contributed by atoms with Gasteiger partial charge in [-0.2, -0.15) is 0 Å². The quantitative estimate of drug-likeness (QED) is 0.274. The molecule has 0 spiro atoms. The molecule has 2 atom stereocenters. The van der Waals surface area contributed by atoms with Crippen LogP contribution in [-0.2, 0) is 9.59 Å². The molecule has 0 saturated carbocycles. The Hall–Kier alpha value is -1.10. The van der Waals surface area contributed by atoms with E-state index in [0.29, 0.717) is 12.8 Å². The smallest absolute Gasteiger partial charge is 0.307 e. The predicted molar refractivity (Wildman–Crippen MR) is 103 cm³/mol. The van der Waals surface area contributed by atoms with Gasteiger partial charge in [-0.1, -0.05) is 90.9 Å². The van der Waals surface area contributed by atoms with Crippen molar-refractivity contribution in [2.24, 2.45) is 11.8 Å². The second-order valence-electron chi connectivity index (χ2n) is 7.00. The van der Waals surface area contributed by atoms with Gasteiger partial charge < -0.3 is 16.4 Å². The van der Waals surface area contributed by atoms with Crippen LogP contribution in [0.1, 0.15) is 104 Å². The molecule has 150 valence electrons. The first kappa shape index (κ1) is 26.1. The Morgan fingerprint density at radius 3 is 1.16 bits per heavy atom. The summed E-state index contributed by atoms with van der Waals surface area (Å²) in [5, 5.41) is 18.9. The average molecular weight is 360 g/mol. The standard InChI is InChI=1S/C20H38O4.H3N/c1-3-5-7-9-11-13-15-17(19(21)22)18(20(23)24)16-14-12-10-8-6-4-2;/h17-18H,3-16H2,1-2H3,(H,21,22)(H,23,24);1H3. The summed E-state index contributed by atoms with van der Waals surface area (Å²) in [6, 6.07) is 0. The fourth-order valence-corrected chi connectivity index (χ4v) is 3.28. The lowest BCUT2D eigenvalue weighted by Gasteiger charge is -2.20. The van der Waals surface area contributed by atoms with Crippen molar-refractivity contribution in [1.82, 2.24) is 6.15 Å². The van der Waals surface area contributed by atoms with Gasteiger partial charge in [0, 0.05) is 0 Å². The highest BCUT2D eigenvalue weighted by Crippen LogP contribution is 2.26. The Morgan fingerprint density at radius 1 is 0.600 bits per heavy atom. The Bertz CT molecular complexity index is 302. The summed E-state index contributed by atoms with van der Waals surface area (Å²) in [7, 11) is 0. The second kappa shape index (κ2) is 17.7. The minimum Gasteiger partial charge on any atom is -0.481 e. The first-order valence-corrected chi connectivity index (χ1v) is 10.00. The first-order valence-electron chi connectivity index (χ1n) is 10.00. The van der Waals surface area contributed by atoms with Gasteiger partial charge in [-0.15, -0.1) is 0 Å². The molecule has 0 bridgehead atoms. The molecule has 5 N–H and O–H groups in total. The summed E-state index contributed by atoms with van der Waals surface area (Å²) >= 11 is 0. The van der Waals surface area contributed by atoms with Gasteiger partial charge in [-0.3, -0.25) is 9.59 Å². The van der Waals surface area contributed by atoms with Crippen LogP contribution < -0.4 is 6.15 Å². The van der Waals surface area contributed by atoms with E-state index in [1.807, 2.05) is 0 Å². The van der Waals surface area contributed by atoms with E-state index >= 15 is 0 Å². The lowest BCUT2D eigenvalue weighted by Crippen LogP contribution is -2.30. The van der Waals surface area contributed by atoms with Gasteiger partial charge in [0.1, 0.15) is 0 Å². The van der Waals surface area contributed by atoms with Crippen LogP contribution in [0.25, 0.3) is 0 Å². The molecule has 0 saturated heterocycles. The van der Waals surface area contributed by atoms with Crippen molar-refractivity contribution in [3.63, 3.8) is 0 Å². The number of hydrogen-bond donors (Lipinski definition) is 3. The van der Waals surface area contributed by atoms with Crippen molar-refractivity contribution in [2.75, 3.05) is 0 Å². The van der Waals surface area contributed by atoms with Crippen molar-refractivity contribution >= 4 is 11.9 Å². The molecule has 0 aliphatic carbocycles. The SMILES string of the molecule is CCCCCCCCC(C(=O)O)C(CCCCCCCC)C(=O)O.N. The average Bonchev–Trinajstić information content (AvgIpc) is 2.54. The fraction of sp³-hybridized carbons (Fsp3) is 0.900. The van der Waals surface area contributed by atoms with Crippen molar-refractivity contribution in [3.8, 4) is 0 Å². The van der Waals surface area contributed by atoms with Gasteiger partial charge in [-0.25, -0.2) is 0 Å². The lowest BCUT2D eigenvalue weighted by molar-refractivity contribution is -0.154. The minimum atomic E-state index is -0.943. The van der Waals surface area contributed by atoms with E-state index in [1.54, 1.807) is 0 Å². The van der Waals surface area contributed by atoms with E-state index in [1.165, 1.54) is 38.5 Å². The van der Waals surface area contributed by atoms with E-state index in [0.717, 1.165) is 38.5 Å². The van der Waals surface area contributed by atoms with Crippen LogP contribution in [0, 0.1) is 11.8 Å². The maximum absolute atomic E-state index is 11.5. The lowest BCUT2D eigenvalue weighted by atomic mass is 9.84. The number of carboxylic acid groups (broad SMARTS) is 2. The number of carbonyl (C=O) groups is 2. The summed E-state index contributed by atoms with van der Waals surface area (Å²) in [4.78, 5) is 23.0. The molecule has 0 aliphatic heterocycles. The van der Waals surface area contributed by atoms with E-state index in [9.17, 15) is 19.8 Å². The highest BCUT2D eigenvalue weighted by atomic mass is 16.4. The molecular weight excluding hydrogens is 318 g/mol. The van der Waals surface area contributed by atoms with E-state index < -0.39 is 23.8 Å². The van der Waals surface area contributed by atoms with Crippen LogP contribution in [0.5, 0.6) is 0 Å². The summed E-state index contributed by atoms with van der Waals surface area (Å²) < 4.78 is 0. The normalized spacial score (nSPS) is 13.0. The van der Waals surface area contributed by atoms with Crippen LogP contribution in [0.2, 0.25) is 0 Å². The zero-order valence-electron chi connectivity index (χ0n) is 16.5. The molecule has 0 aromatic heterocycles. The Balaban J connectivity index is 0. The zero-order chi connectivity index (χ0) is 18.2. The third-order valence-electron chi connectivity index (χ3n) is 4.86. The first-order chi connectivity index (χ1) is 11.5. The number of hydrogen-bond acceptors (Lipinski definition) is 3. The molecule has 0 aromatic carbocycles. The van der Waals surface area contributed by atoms with Crippen molar-refractivity contribution in [2.45, 2.75) is 104 Å². The minimum absolute atomic E-state index is 0. The van der Waals surface area contributed by atoms with Gasteiger partial charge in [0.2, 0.25) is 0 Å². The zero-order valence-corrected chi connectivity index (χ0v) is 16.5. The van der Waals surface area contributed by atoms with Crippen LogP contribution in [0.3, 0.4) is 0 Å². The topological polar surface area (TPSA) is 110 Å². The molecule has 0 aliphatic rings. The highest BCUT2D eigenvalue weighted by molar-refractivity contribution is 5.79. The van der Waals surface area contributed by atoms with Crippen LogP contribution in [-0.4, -0.2) is 22.2 Å². The monoisotopic (exact) mass is 359 g/mol. The Labute approximate surface area is 154 Å². The largest absolute Gasteiger partial charge is 0.481 e. The van der Waals surface area contributed by atoms with Crippen LogP contribution in [0.15, 0.2) is 0 Å². The summed E-state index contributed by atoms with van der Waals surface area (Å²) in [5.74, 6) is -3.35. The van der Waals surface area contributed by atoms with Gasteiger partial charge >= 0.3 is 11.9 Å². The van der Waals surface area contributed by atoms with Gasteiger partial charge in [0.05, 0.1) is 11.8 Å². The predicted octanol–water partition coefficient (Wildman–Crippen LogP) is 6.05. The number of carboxylic acids is 2. The maximum atomic E-state index is 11.5. The molecule has 0 fully saturated rings. The Morgan fingerprint density at radius 2 is 0.880 bits per heavy atom.